The number of carboxylic acids is 1. The number of nitrogens with zero attached hydrogens (tertiary/aromatic N) is 2. The van der Waals surface area contributed by atoms with E-state index in [-0.39, 0.29) is 11.3 Å². The lowest BCUT2D eigenvalue weighted by Crippen LogP contribution is -2.08. The first kappa shape index (κ1) is 10.4. The van der Waals surface area contributed by atoms with Crippen molar-refractivity contribution in [3.05, 3.63) is 47.8 Å². The van der Waals surface area contributed by atoms with Crippen molar-refractivity contribution in [3.63, 3.8) is 0 Å². The molecule has 0 spiro atoms. The fourth-order valence-corrected chi connectivity index (χ4v) is 1.56. The number of hydrogen-bond acceptors (Lipinski definition) is 2. The molecule has 0 aliphatic heterocycles. The zero-order chi connectivity index (χ0) is 11.7. The lowest BCUT2D eigenvalue weighted by molar-refractivity contribution is 0.0692. The van der Waals surface area contributed by atoms with E-state index in [1.807, 2.05) is 0 Å². The molecule has 0 amide bonds. The van der Waals surface area contributed by atoms with Gasteiger partial charge in [0, 0.05) is 12.4 Å². The van der Waals surface area contributed by atoms with Gasteiger partial charge < -0.3 is 9.67 Å². The molecule has 5 heteroatoms. The SMILES string of the molecule is Cc1nccn1-c1cccc(F)c1C(=O)O. The van der Waals surface area contributed by atoms with Crippen LogP contribution in [0.5, 0.6) is 0 Å². The van der Waals surface area contributed by atoms with Crippen molar-refractivity contribution >= 4 is 5.97 Å². The maximum Gasteiger partial charge on any atom is 0.340 e. The third kappa shape index (κ3) is 1.56. The summed E-state index contributed by atoms with van der Waals surface area (Å²) >= 11 is 0. The molecule has 0 atom stereocenters. The highest BCUT2D eigenvalue weighted by atomic mass is 19.1. The molecule has 0 unspecified atom stereocenters. The monoisotopic (exact) mass is 220 g/mol. The van der Waals surface area contributed by atoms with Crippen molar-refractivity contribution in [2.75, 3.05) is 0 Å². The third-order valence-corrected chi connectivity index (χ3v) is 2.29. The van der Waals surface area contributed by atoms with Crippen LogP contribution in [0.4, 0.5) is 4.39 Å². The van der Waals surface area contributed by atoms with Crippen LogP contribution in [0.3, 0.4) is 0 Å². The van der Waals surface area contributed by atoms with Gasteiger partial charge in [0.2, 0.25) is 0 Å². The van der Waals surface area contributed by atoms with Crippen molar-refractivity contribution in [1.82, 2.24) is 9.55 Å². The van der Waals surface area contributed by atoms with Gasteiger partial charge in [-0.1, -0.05) is 6.07 Å². The third-order valence-electron chi connectivity index (χ3n) is 2.29. The average molecular weight is 220 g/mol. The summed E-state index contributed by atoms with van der Waals surface area (Å²) in [5, 5.41) is 8.96. The van der Waals surface area contributed by atoms with Gasteiger partial charge in [-0.15, -0.1) is 0 Å². The maximum atomic E-state index is 13.4. The van der Waals surface area contributed by atoms with Crippen LogP contribution in [-0.2, 0) is 0 Å². The summed E-state index contributed by atoms with van der Waals surface area (Å²) in [6, 6.07) is 4.14. The Balaban J connectivity index is 2.70. The second-order valence-corrected chi connectivity index (χ2v) is 3.28. The minimum absolute atomic E-state index is 0.280. The summed E-state index contributed by atoms with van der Waals surface area (Å²) < 4.78 is 14.9. The lowest BCUT2D eigenvalue weighted by Gasteiger charge is -2.09. The number of aromatic carboxylic acids is 1. The number of rotatable bonds is 2. The van der Waals surface area contributed by atoms with Crippen LogP contribution in [-0.4, -0.2) is 20.6 Å². The Labute approximate surface area is 91.0 Å². The minimum atomic E-state index is -1.29. The topological polar surface area (TPSA) is 55.1 Å². The van der Waals surface area contributed by atoms with E-state index in [1.54, 1.807) is 19.2 Å². The summed E-state index contributed by atoms with van der Waals surface area (Å²) in [5.74, 6) is -1.44. The first-order valence-electron chi connectivity index (χ1n) is 4.63. The predicted molar refractivity (Wildman–Crippen MR) is 55.2 cm³/mol. The Bertz CT molecular complexity index is 549. The van der Waals surface area contributed by atoms with Crippen molar-refractivity contribution in [3.8, 4) is 5.69 Å². The first-order valence-corrected chi connectivity index (χ1v) is 4.63. The van der Waals surface area contributed by atoms with Gasteiger partial charge in [-0.2, -0.15) is 0 Å². The molecule has 4 nitrogen and oxygen atoms in total. The van der Waals surface area contributed by atoms with E-state index in [1.165, 1.54) is 16.8 Å². The summed E-state index contributed by atoms with van der Waals surface area (Å²) in [7, 11) is 0. The van der Waals surface area contributed by atoms with Gasteiger partial charge in [0.1, 0.15) is 17.2 Å². The van der Waals surface area contributed by atoms with E-state index in [9.17, 15) is 9.18 Å². The number of aromatic nitrogens is 2. The van der Waals surface area contributed by atoms with Crippen molar-refractivity contribution in [1.29, 1.82) is 0 Å². The van der Waals surface area contributed by atoms with Crippen molar-refractivity contribution < 1.29 is 14.3 Å². The van der Waals surface area contributed by atoms with Gasteiger partial charge in [-0.3, -0.25) is 0 Å². The average Bonchev–Trinajstić information content (AvgIpc) is 2.63. The van der Waals surface area contributed by atoms with Gasteiger partial charge >= 0.3 is 5.97 Å². The zero-order valence-corrected chi connectivity index (χ0v) is 8.51. The Morgan fingerprint density at radius 3 is 2.81 bits per heavy atom. The molecule has 16 heavy (non-hydrogen) atoms. The summed E-state index contributed by atoms with van der Waals surface area (Å²) in [6.07, 6.45) is 3.13. The first-order chi connectivity index (χ1) is 7.61. The Hall–Kier alpha value is -2.17. The molecule has 0 saturated carbocycles. The molecule has 0 fully saturated rings. The molecule has 2 rings (SSSR count). The molecule has 1 heterocycles. The van der Waals surface area contributed by atoms with Crippen LogP contribution in [0, 0.1) is 12.7 Å². The van der Waals surface area contributed by atoms with Crippen molar-refractivity contribution in [2.24, 2.45) is 0 Å². The van der Waals surface area contributed by atoms with Crippen LogP contribution >= 0.6 is 0 Å². The molecule has 0 bridgehead atoms. The summed E-state index contributed by atoms with van der Waals surface area (Å²) in [4.78, 5) is 14.9. The number of imidazole rings is 1. The second kappa shape index (κ2) is 3.77. The number of carbonyl (C=O) groups is 1. The summed E-state index contributed by atoms with van der Waals surface area (Å²) in [6.45, 7) is 1.72. The van der Waals surface area contributed by atoms with Gasteiger partial charge in [0.25, 0.3) is 0 Å². The quantitative estimate of drug-likeness (QED) is 0.842. The Morgan fingerprint density at radius 1 is 1.50 bits per heavy atom. The second-order valence-electron chi connectivity index (χ2n) is 3.28. The molecular weight excluding hydrogens is 211 g/mol. The van der Waals surface area contributed by atoms with Crippen LogP contribution in [0.15, 0.2) is 30.6 Å². The fraction of sp³-hybridized carbons (Fsp3) is 0.0909. The molecule has 1 aromatic heterocycles. The van der Waals surface area contributed by atoms with E-state index in [0.717, 1.165) is 6.07 Å². The fourth-order valence-electron chi connectivity index (χ4n) is 1.56. The highest BCUT2D eigenvalue weighted by molar-refractivity contribution is 5.92. The normalized spacial score (nSPS) is 10.4. The van der Waals surface area contributed by atoms with Gasteiger partial charge in [-0.25, -0.2) is 14.2 Å². The Kier molecular flexibility index (Phi) is 2.44. The molecule has 2 aromatic rings. The van der Waals surface area contributed by atoms with Crippen LogP contribution in [0.1, 0.15) is 16.2 Å². The smallest absolute Gasteiger partial charge is 0.340 e. The lowest BCUT2D eigenvalue weighted by atomic mass is 10.1. The number of halogens is 1. The number of hydrogen-bond donors (Lipinski definition) is 1. The van der Waals surface area contributed by atoms with Gasteiger partial charge in [0.15, 0.2) is 0 Å². The van der Waals surface area contributed by atoms with Crippen LogP contribution in [0.2, 0.25) is 0 Å². The molecule has 0 aliphatic carbocycles. The van der Waals surface area contributed by atoms with E-state index in [2.05, 4.69) is 4.98 Å². The van der Waals surface area contributed by atoms with E-state index in [0.29, 0.717) is 5.82 Å². The molecule has 0 saturated heterocycles. The molecular formula is C11H9FN2O2. The molecule has 82 valence electrons. The maximum absolute atomic E-state index is 13.4. The molecule has 1 N–H and O–H groups in total. The highest BCUT2D eigenvalue weighted by Gasteiger charge is 2.17. The largest absolute Gasteiger partial charge is 0.478 e. The van der Waals surface area contributed by atoms with Crippen LogP contribution in [0.25, 0.3) is 5.69 Å². The molecule has 0 aliphatic rings. The molecule has 0 radical (unpaired) electrons. The zero-order valence-electron chi connectivity index (χ0n) is 8.51. The van der Waals surface area contributed by atoms with Gasteiger partial charge in [0.05, 0.1) is 5.69 Å². The van der Waals surface area contributed by atoms with E-state index in [4.69, 9.17) is 5.11 Å². The van der Waals surface area contributed by atoms with E-state index >= 15 is 0 Å². The highest BCUT2D eigenvalue weighted by Crippen LogP contribution is 2.19. The number of carboxylic acid groups (broad SMARTS) is 1. The van der Waals surface area contributed by atoms with Gasteiger partial charge in [-0.05, 0) is 19.1 Å². The summed E-state index contributed by atoms with van der Waals surface area (Å²) in [5.41, 5.74) is -0.0638. The predicted octanol–water partition coefficient (Wildman–Crippen LogP) is 2.02. The molecule has 1 aromatic carbocycles. The van der Waals surface area contributed by atoms with E-state index < -0.39 is 11.8 Å². The number of benzene rings is 1. The minimum Gasteiger partial charge on any atom is -0.478 e. The van der Waals surface area contributed by atoms with Crippen molar-refractivity contribution in [2.45, 2.75) is 6.92 Å². The van der Waals surface area contributed by atoms with Crippen LogP contribution < -0.4 is 0 Å². The standard InChI is InChI=1S/C11H9FN2O2/c1-7-13-5-6-14(7)9-4-2-3-8(12)10(9)11(15)16/h2-6H,1H3,(H,15,16). The Morgan fingerprint density at radius 2 is 2.25 bits per heavy atom. The number of aryl methyl sites for hydroxylation is 1.